The average Bonchev–Trinajstić information content (AvgIpc) is 2.38. The first-order valence-electron chi connectivity index (χ1n) is 6.76. The van der Waals surface area contributed by atoms with Crippen molar-refractivity contribution in [1.29, 1.82) is 0 Å². The van der Waals surface area contributed by atoms with Gasteiger partial charge in [0.05, 0.1) is 0 Å². The summed E-state index contributed by atoms with van der Waals surface area (Å²) in [5.74, 6) is 0. The van der Waals surface area contributed by atoms with Gasteiger partial charge in [0, 0.05) is 13.2 Å². The molecule has 2 N–H and O–H groups in total. The highest BCUT2D eigenvalue weighted by atomic mass is 17.0. The van der Waals surface area contributed by atoms with Crippen LogP contribution < -0.4 is 0 Å². The minimum absolute atomic E-state index is 0.179. The molecule has 0 aliphatic rings. The van der Waals surface area contributed by atoms with Gasteiger partial charge in [0.15, 0.2) is 13.2 Å². The van der Waals surface area contributed by atoms with Crippen molar-refractivity contribution < 1.29 is 25.0 Å². The minimum Gasteiger partial charge on any atom is -0.396 e. The Bertz CT molecular complexity index is 171. The molecular formula is C12H26NO5+. The van der Waals surface area contributed by atoms with E-state index in [2.05, 4.69) is 0 Å². The van der Waals surface area contributed by atoms with Crippen molar-refractivity contribution in [3.63, 3.8) is 0 Å². The third-order valence-electron chi connectivity index (χ3n) is 2.50. The molecule has 0 fully saturated rings. The summed E-state index contributed by atoms with van der Waals surface area (Å²) in [4.78, 5) is 20.6. The molecule has 6 nitrogen and oxygen atoms in total. The van der Waals surface area contributed by atoms with Gasteiger partial charge in [0.2, 0.25) is 0 Å². The fourth-order valence-corrected chi connectivity index (χ4v) is 1.45. The number of hydrogen-bond donors (Lipinski definition) is 2. The van der Waals surface area contributed by atoms with E-state index in [-0.39, 0.29) is 18.3 Å². The van der Waals surface area contributed by atoms with Gasteiger partial charge in [-0.25, -0.2) is 0 Å². The largest absolute Gasteiger partial charge is 0.477 e. The monoisotopic (exact) mass is 264 g/mol. The van der Waals surface area contributed by atoms with Gasteiger partial charge in [0.25, 0.3) is 0 Å². The van der Waals surface area contributed by atoms with Gasteiger partial charge in [-0.1, -0.05) is 12.8 Å². The Morgan fingerprint density at radius 1 is 0.667 bits per heavy atom. The molecule has 0 radical (unpaired) electrons. The maximum Gasteiger partial charge on any atom is 0.477 e. The highest BCUT2D eigenvalue weighted by molar-refractivity contribution is 4.40. The maximum absolute atomic E-state index is 11.0. The molecule has 0 aliphatic carbocycles. The lowest BCUT2D eigenvalue weighted by atomic mass is 10.2. The number of hydrogen-bond acceptors (Lipinski definition) is 5. The molecule has 0 aromatic carbocycles. The van der Waals surface area contributed by atoms with Crippen LogP contribution in [0.2, 0.25) is 0 Å². The molecule has 18 heavy (non-hydrogen) atoms. The molecule has 0 bridgehead atoms. The van der Waals surface area contributed by atoms with Gasteiger partial charge in [0.1, 0.15) is 4.91 Å². The quantitative estimate of drug-likeness (QED) is 0.369. The van der Waals surface area contributed by atoms with E-state index in [4.69, 9.17) is 19.9 Å². The highest BCUT2D eigenvalue weighted by Gasteiger charge is 2.10. The van der Waals surface area contributed by atoms with Crippen LogP contribution in [0.1, 0.15) is 51.4 Å². The molecule has 6 heteroatoms. The smallest absolute Gasteiger partial charge is 0.396 e. The molecule has 0 aliphatic heterocycles. The number of nitrogens with zero attached hydrogens (tertiary/aromatic N) is 1. The van der Waals surface area contributed by atoms with Crippen LogP contribution in [0.4, 0.5) is 0 Å². The van der Waals surface area contributed by atoms with Crippen molar-refractivity contribution in [3.8, 4) is 0 Å². The lowest BCUT2D eigenvalue weighted by Crippen LogP contribution is -2.12. The maximum atomic E-state index is 11.0. The molecule has 0 amide bonds. The normalized spacial score (nSPS) is 10.3. The van der Waals surface area contributed by atoms with E-state index in [0.29, 0.717) is 13.2 Å². The van der Waals surface area contributed by atoms with Gasteiger partial charge in [-0.15, -0.1) is 0 Å². The van der Waals surface area contributed by atoms with E-state index in [1.54, 1.807) is 0 Å². The Morgan fingerprint density at radius 3 is 1.44 bits per heavy atom. The predicted octanol–water partition coefficient (Wildman–Crippen LogP) is 1.73. The summed E-state index contributed by atoms with van der Waals surface area (Å²) in [7, 11) is 0. The zero-order valence-corrected chi connectivity index (χ0v) is 11.1. The first kappa shape index (κ1) is 17.1. The Balaban J connectivity index is 3.12. The molecule has 108 valence electrons. The van der Waals surface area contributed by atoms with E-state index < -0.39 is 0 Å². The summed E-state index contributed by atoms with van der Waals surface area (Å²) >= 11 is 0. The third kappa shape index (κ3) is 13.2. The van der Waals surface area contributed by atoms with E-state index in [1.807, 2.05) is 0 Å². The third-order valence-corrected chi connectivity index (χ3v) is 2.50. The highest BCUT2D eigenvalue weighted by Crippen LogP contribution is 2.01. The van der Waals surface area contributed by atoms with Gasteiger partial charge in [-0.05, 0) is 38.5 Å². The second kappa shape index (κ2) is 14.2. The Kier molecular flexibility index (Phi) is 13.5. The van der Waals surface area contributed by atoms with Crippen LogP contribution in [-0.2, 0) is 9.68 Å². The summed E-state index contributed by atoms with van der Waals surface area (Å²) in [6.07, 6.45) is 6.95. The second-order valence-corrected chi connectivity index (χ2v) is 4.17. The van der Waals surface area contributed by atoms with E-state index in [0.717, 1.165) is 51.4 Å². The van der Waals surface area contributed by atoms with Crippen LogP contribution in [0.25, 0.3) is 0 Å². The summed E-state index contributed by atoms with van der Waals surface area (Å²) < 4.78 is 0. The fourth-order valence-electron chi connectivity index (χ4n) is 1.45. The number of aliphatic hydroxyl groups is 2. The van der Waals surface area contributed by atoms with Crippen LogP contribution >= 0.6 is 0 Å². The minimum atomic E-state index is 0.179. The molecule has 0 unspecified atom stereocenters. The second-order valence-electron chi connectivity index (χ2n) is 4.17. The van der Waals surface area contributed by atoms with Crippen molar-refractivity contribution in [2.24, 2.45) is 0 Å². The Morgan fingerprint density at radius 2 is 1.06 bits per heavy atom. The summed E-state index contributed by atoms with van der Waals surface area (Å²) in [6, 6.07) is 0. The first-order chi connectivity index (χ1) is 8.81. The Hall–Kier alpha value is -0.880. The summed E-state index contributed by atoms with van der Waals surface area (Å²) in [6.45, 7) is 1.13. The molecular weight excluding hydrogens is 238 g/mol. The lowest BCUT2D eigenvalue weighted by Gasteiger charge is -1.97. The SMILES string of the molecule is O=[N+](OCCCCCCO)OCCCCCCO. The zero-order chi connectivity index (χ0) is 13.5. The van der Waals surface area contributed by atoms with E-state index in [9.17, 15) is 4.91 Å². The van der Waals surface area contributed by atoms with Gasteiger partial charge in [-0.3, -0.25) is 0 Å². The summed E-state index contributed by atoms with van der Waals surface area (Å²) in [5.41, 5.74) is 0. The molecule has 0 atom stereocenters. The number of unbranched alkanes of at least 4 members (excludes halogenated alkanes) is 6. The average molecular weight is 264 g/mol. The lowest BCUT2D eigenvalue weighted by molar-refractivity contribution is -0.981. The van der Waals surface area contributed by atoms with E-state index in [1.165, 1.54) is 0 Å². The molecule has 0 rings (SSSR count). The number of rotatable bonds is 14. The van der Waals surface area contributed by atoms with Crippen molar-refractivity contribution in [1.82, 2.24) is 0 Å². The van der Waals surface area contributed by atoms with Crippen LogP contribution in [0.3, 0.4) is 0 Å². The molecule has 0 aromatic heterocycles. The van der Waals surface area contributed by atoms with Crippen molar-refractivity contribution in [3.05, 3.63) is 4.91 Å². The van der Waals surface area contributed by atoms with Crippen LogP contribution in [0.5, 0.6) is 0 Å². The van der Waals surface area contributed by atoms with Crippen molar-refractivity contribution in [2.75, 3.05) is 26.4 Å². The van der Waals surface area contributed by atoms with E-state index >= 15 is 0 Å². The molecule has 0 heterocycles. The molecule has 0 saturated carbocycles. The van der Waals surface area contributed by atoms with Crippen LogP contribution in [0.15, 0.2) is 0 Å². The standard InChI is InChI=1S/C12H26NO5/c14-9-5-1-3-7-11-17-13(16)18-12-8-4-2-6-10-15/h14-15H,1-12H2/q+1. The number of aliphatic hydroxyl groups excluding tert-OH is 2. The van der Waals surface area contributed by atoms with Crippen molar-refractivity contribution in [2.45, 2.75) is 51.4 Å². The zero-order valence-electron chi connectivity index (χ0n) is 11.1. The first-order valence-corrected chi connectivity index (χ1v) is 6.76. The topological polar surface area (TPSA) is 79.0 Å². The fraction of sp³-hybridized carbons (Fsp3) is 1.00. The molecule has 0 saturated heterocycles. The Labute approximate surface area is 108 Å². The van der Waals surface area contributed by atoms with Crippen molar-refractivity contribution >= 4 is 0 Å². The van der Waals surface area contributed by atoms with Gasteiger partial charge in [-0.2, -0.15) is 9.68 Å². The predicted molar refractivity (Wildman–Crippen MR) is 66.6 cm³/mol. The molecule has 0 aromatic rings. The summed E-state index contributed by atoms with van der Waals surface area (Å²) in [5, 5.41) is 17.3. The van der Waals surface area contributed by atoms with Gasteiger partial charge < -0.3 is 10.2 Å². The van der Waals surface area contributed by atoms with Gasteiger partial charge >= 0.3 is 5.09 Å². The van der Waals surface area contributed by atoms with Crippen LogP contribution in [-0.4, -0.2) is 41.7 Å². The van der Waals surface area contributed by atoms with Crippen LogP contribution in [0, 0.1) is 4.91 Å². The molecule has 0 spiro atoms.